The molecule has 2 nitrogen and oxygen atoms in total. The quantitative estimate of drug-likeness (QED) is 0.142. The predicted molar refractivity (Wildman–Crippen MR) is 200 cm³/mol. The monoisotopic (exact) mass is 618 g/mol. The normalized spacial score (nSPS) is 12.8. The Morgan fingerprint density at radius 2 is 0.872 bits per heavy atom. The van der Waals surface area contributed by atoms with E-state index in [0.717, 1.165) is 41.9 Å². The number of hydrogen-bond donors (Lipinski definition) is 0. The van der Waals surface area contributed by atoms with E-state index in [2.05, 4.69) is 123 Å². The zero-order valence-corrected chi connectivity index (χ0v) is 28.0. The second-order valence-electron chi connectivity index (χ2n) is 13.1. The van der Waals surface area contributed by atoms with Crippen molar-refractivity contribution in [2.75, 3.05) is 13.2 Å². The first kappa shape index (κ1) is 31.1. The van der Waals surface area contributed by atoms with Crippen LogP contribution >= 0.6 is 0 Å². The average Bonchev–Trinajstić information content (AvgIpc) is 3.21. The molecule has 238 valence electrons. The fourth-order valence-corrected chi connectivity index (χ4v) is 7.04. The lowest BCUT2D eigenvalue weighted by molar-refractivity contribution is 0.252. The molecule has 7 rings (SSSR count). The fraction of sp³-hybridized carbons (Fsp3) is 0.289. The van der Waals surface area contributed by atoms with Crippen LogP contribution < -0.4 is 9.47 Å². The molecule has 0 amide bonds. The summed E-state index contributed by atoms with van der Waals surface area (Å²) in [5.41, 5.74) is 10.0. The molecule has 47 heavy (non-hydrogen) atoms. The van der Waals surface area contributed by atoms with E-state index < -0.39 is 0 Å². The van der Waals surface area contributed by atoms with Gasteiger partial charge in [0.05, 0.1) is 13.2 Å². The Morgan fingerprint density at radius 1 is 0.447 bits per heavy atom. The van der Waals surface area contributed by atoms with Gasteiger partial charge in [-0.2, -0.15) is 0 Å². The SMILES string of the molecule is CCCCCc1ccc(-c2ccc3c4c(ccc3c2)OCCCOc2ccc3cc(-c5ccc(CCCCC)cc5)ccc3c2-4)cc1. The average molecular weight is 619 g/mol. The molecule has 0 fully saturated rings. The Balaban J connectivity index is 1.28. The number of unbranched alkanes of at least 4 members (excludes halogenated alkanes) is 4. The highest BCUT2D eigenvalue weighted by atomic mass is 16.5. The highest BCUT2D eigenvalue weighted by molar-refractivity contribution is 6.11. The molecule has 0 bridgehead atoms. The van der Waals surface area contributed by atoms with Crippen molar-refractivity contribution < 1.29 is 9.47 Å². The molecule has 0 aromatic heterocycles. The molecule has 2 heteroatoms. The summed E-state index contributed by atoms with van der Waals surface area (Å²) in [5, 5.41) is 4.78. The van der Waals surface area contributed by atoms with Crippen molar-refractivity contribution in [2.24, 2.45) is 0 Å². The highest BCUT2D eigenvalue weighted by Gasteiger charge is 2.21. The van der Waals surface area contributed by atoms with Gasteiger partial charge in [-0.15, -0.1) is 0 Å². The van der Waals surface area contributed by atoms with E-state index in [4.69, 9.17) is 9.47 Å². The van der Waals surface area contributed by atoms with Gasteiger partial charge in [-0.25, -0.2) is 0 Å². The zero-order valence-electron chi connectivity index (χ0n) is 28.0. The molecule has 1 aliphatic rings. The number of fused-ring (bicyclic) bond motifs is 7. The number of benzene rings is 6. The molecular formula is C45H46O2. The molecule has 1 aliphatic heterocycles. The number of rotatable bonds is 10. The van der Waals surface area contributed by atoms with E-state index in [1.54, 1.807) is 0 Å². The molecule has 6 aromatic rings. The van der Waals surface area contributed by atoms with Gasteiger partial charge in [-0.1, -0.05) is 124 Å². The van der Waals surface area contributed by atoms with Crippen molar-refractivity contribution >= 4 is 21.5 Å². The summed E-state index contributed by atoms with van der Waals surface area (Å²) >= 11 is 0. The van der Waals surface area contributed by atoms with E-state index >= 15 is 0 Å². The lowest BCUT2D eigenvalue weighted by Crippen LogP contribution is -2.03. The van der Waals surface area contributed by atoms with Crippen molar-refractivity contribution in [2.45, 2.75) is 71.6 Å². The summed E-state index contributed by atoms with van der Waals surface area (Å²) < 4.78 is 12.9. The molecule has 0 N–H and O–H groups in total. The first-order chi connectivity index (χ1) is 23.2. The maximum absolute atomic E-state index is 6.45. The maximum atomic E-state index is 6.45. The van der Waals surface area contributed by atoms with Crippen LogP contribution in [0.4, 0.5) is 0 Å². The number of hydrogen-bond acceptors (Lipinski definition) is 2. The summed E-state index contributed by atoms with van der Waals surface area (Å²) in [5.74, 6) is 1.84. The second kappa shape index (κ2) is 14.5. The van der Waals surface area contributed by atoms with E-state index in [0.29, 0.717) is 13.2 Å². The van der Waals surface area contributed by atoms with Crippen LogP contribution in [0, 0.1) is 0 Å². The van der Waals surface area contributed by atoms with Crippen molar-refractivity contribution in [3.05, 3.63) is 120 Å². The van der Waals surface area contributed by atoms with Gasteiger partial charge >= 0.3 is 0 Å². The molecule has 0 radical (unpaired) electrons. The third-order valence-corrected chi connectivity index (χ3v) is 9.73. The molecule has 0 unspecified atom stereocenters. The van der Waals surface area contributed by atoms with Gasteiger partial charge in [0.1, 0.15) is 11.5 Å². The first-order valence-electron chi connectivity index (χ1n) is 17.8. The van der Waals surface area contributed by atoms with Crippen molar-refractivity contribution in [3.63, 3.8) is 0 Å². The van der Waals surface area contributed by atoms with E-state index in [1.165, 1.54) is 93.5 Å². The Hall–Kier alpha value is -4.56. The van der Waals surface area contributed by atoms with Gasteiger partial charge in [0, 0.05) is 17.5 Å². The minimum atomic E-state index is 0.631. The van der Waals surface area contributed by atoms with Crippen LogP contribution in [0.2, 0.25) is 0 Å². The van der Waals surface area contributed by atoms with Gasteiger partial charge in [0.2, 0.25) is 0 Å². The van der Waals surface area contributed by atoms with E-state index in [-0.39, 0.29) is 0 Å². The third-order valence-electron chi connectivity index (χ3n) is 9.73. The first-order valence-corrected chi connectivity index (χ1v) is 17.8. The molecule has 0 saturated heterocycles. The molecule has 0 saturated carbocycles. The largest absolute Gasteiger partial charge is 0.493 e. The summed E-state index contributed by atoms with van der Waals surface area (Å²) in [4.78, 5) is 0. The summed E-state index contributed by atoms with van der Waals surface area (Å²) in [7, 11) is 0. The van der Waals surface area contributed by atoms with Gasteiger partial charge in [-0.05, 0) is 105 Å². The lowest BCUT2D eigenvalue weighted by Gasteiger charge is -2.18. The van der Waals surface area contributed by atoms with Crippen LogP contribution in [0.15, 0.2) is 109 Å². The predicted octanol–water partition coefficient (Wildman–Crippen LogP) is 12.6. The van der Waals surface area contributed by atoms with Crippen LogP contribution in [0.1, 0.15) is 69.9 Å². The number of aryl methyl sites for hydroxylation is 2. The van der Waals surface area contributed by atoms with Gasteiger partial charge in [0.25, 0.3) is 0 Å². The number of ether oxygens (including phenoxy) is 2. The van der Waals surface area contributed by atoms with Gasteiger partial charge in [-0.3, -0.25) is 0 Å². The highest BCUT2D eigenvalue weighted by Crippen LogP contribution is 2.47. The second-order valence-corrected chi connectivity index (χ2v) is 13.1. The molecule has 0 spiro atoms. The third kappa shape index (κ3) is 6.79. The fourth-order valence-electron chi connectivity index (χ4n) is 7.04. The van der Waals surface area contributed by atoms with Crippen molar-refractivity contribution in [1.29, 1.82) is 0 Å². The summed E-state index contributed by atoms with van der Waals surface area (Å²) in [6, 6.07) is 40.7. The Kier molecular flexibility index (Phi) is 9.56. The van der Waals surface area contributed by atoms with Crippen LogP contribution in [0.3, 0.4) is 0 Å². The molecule has 0 aliphatic carbocycles. The lowest BCUT2D eigenvalue weighted by atomic mass is 9.89. The smallest absolute Gasteiger partial charge is 0.127 e. The molecular weight excluding hydrogens is 572 g/mol. The maximum Gasteiger partial charge on any atom is 0.127 e. The summed E-state index contributed by atoms with van der Waals surface area (Å²) in [6.07, 6.45) is 10.8. The minimum absolute atomic E-state index is 0.631. The molecule has 6 aromatic carbocycles. The summed E-state index contributed by atoms with van der Waals surface area (Å²) in [6.45, 7) is 5.78. The zero-order chi connectivity index (χ0) is 32.0. The molecule has 0 atom stereocenters. The van der Waals surface area contributed by atoms with Crippen molar-refractivity contribution in [1.82, 2.24) is 0 Å². The van der Waals surface area contributed by atoms with Crippen molar-refractivity contribution in [3.8, 4) is 44.9 Å². The van der Waals surface area contributed by atoms with Crippen LogP contribution in [0.25, 0.3) is 54.9 Å². The van der Waals surface area contributed by atoms with Crippen LogP contribution in [0.5, 0.6) is 11.5 Å². The minimum Gasteiger partial charge on any atom is -0.493 e. The van der Waals surface area contributed by atoms with Gasteiger partial charge in [0.15, 0.2) is 0 Å². The Bertz CT molecular complexity index is 1820. The van der Waals surface area contributed by atoms with E-state index in [1.807, 2.05) is 0 Å². The Morgan fingerprint density at radius 3 is 1.30 bits per heavy atom. The topological polar surface area (TPSA) is 18.5 Å². The Labute approximate surface area is 280 Å². The van der Waals surface area contributed by atoms with Gasteiger partial charge < -0.3 is 9.47 Å². The standard InChI is InChI=1S/C45H46O2/c1-3-5-7-10-32-12-16-34(17-13-32)36-20-24-40-38(30-36)22-26-42-44(40)45-41-25-21-37(35-18-14-33(15-19-35)11-8-6-4-2)31-39(41)23-27-43(45)47-29-9-28-46-42/h12-27,30-31H,3-11,28-29H2,1-2H3. The van der Waals surface area contributed by atoms with Crippen LogP contribution in [-0.2, 0) is 12.8 Å². The van der Waals surface area contributed by atoms with E-state index in [9.17, 15) is 0 Å². The van der Waals surface area contributed by atoms with Crippen LogP contribution in [-0.4, -0.2) is 13.2 Å². The molecule has 1 heterocycles.